The predicted molar refractivity (Wildman–Crippen MR) is 140 cm³/mol. The zero-order valence-electron chi connectivity index (χ0n) is 22.1. The average molecular weight is 471 g/mol. The van der Waals surface area contributed by atoms with Crippen molar-refractivity contribution in [2.24, 2.45) is 23.7 Å². The molecule has 2 amide bonds. The van der Waals surface area contributed by atoms with Gasteiger partial charge in [-0.1, -0.05) is 52.9 Å². The van der Waals surface area contributed by atoms with Crippen molar-refractivity contribution < 1.29 is 9.59 Å². The number of nitrogens with one attached hydrogen (secondary N) is 1. The molecule has 0 radical (unpaired) electrons. The molecule has 6 heteroatoms. The molecule has 0 spiro atoms. The van der Waals surface area contributed by atoms with Crippen LogP contribution in [0, 0.1) is 30.6 Å². The molecule has 6 nitrogen and oxygen atoms in total. The minimum atomic E-state index is -0.0409. The molecule has 2 saturated heterocycles. The Hall–Kier alpha value is -2.11. The van der Waals surface area contributed by atoms with Gasteiger partial charge in [-0.05, 0) is 56.1 Å². The summed E-state index contributed by atoms with van der Waals surface area (Å²) in [4.78, 5) is 33.4. The molecule has 0 aliphatic carbocycles. The fourth-order valence-electron chi connectivity index (χ4n) is 5.44. The van der Waals surface area contributed by atoms with Crippen LogP contribution in [-0.2, 0) is 9.59 Å². The van der Waals surface area contributed by atoms with Crippen LogP contribution in [0.15, 0.2) is 12.1 Å². The maximum Gasteiger partial charge on any atom is 0.227 e. The predicted octanol–water partition coefficient (Wildman–Crippen LogP) is 5.66. The van der Waals surface area contributed by atoms with E-state index in [2.05, 4.69) is 37.1 Å². The summed E-state index contributed by atoms with van der Waals surface area (Å²) in [7, 11) is 0. The number of anilines is 2. The lowest BCUT2D eigenvalue weighted by Gasteiger charge is -2.30. The van der Waals surface area contributed by atoms with Gasteiger partial charge in [-0.3, -0.25) is 9.59 Å². The molecule has 2 fully saturated rings. The van der Waals surface area contributed by atoms with Crippen molar-refractivity contribution in [1.29, 1.82) is 0 Å². The lowest BCUT2D eigenvalue weighted by molar-refractivity contribution is -0.132. The maximum atomic E-state index is 12.8. The van der Waals surface area contributed by atoms with Crippen molar-refractivity contribution in [1.82, 2.24) is 9.88 Å². The molecular formula is C28H46N4O2. The number of carbonyl (C=O) groups excluding carboxylic acids is 2. The number of aryl methyl sites for hydroxylation is 1. The smallest absolute Gasteiger partial charge is 0.227 e. The number of carbonyl (C=O) groups is 2. The summed E-state index contributed by atoms with van der Waals surface area (Å²) in [6.45, 7) is 14.1. The highest BCUT2D eigenvalue weighted by Gasteiger charge is 2.29. The van der Waals surface area contributed by atoms with Gasteiger partial charge < -0.3 is 15.1 Å². The number of pyridine rings is 1. The number of aromatic nitrogens is 1. The van der Waals surface area contributed by atoms with Crippen LogP contribution in [0.2, 0.25) is 0 Å². The summed E-state index contributed by atoms with van der Waals surface area (Å²) < 4.78 is 0. The van der Waals surface area contributed by atoms with Crippen LogP contribution >= 0.6 is 0 Å². The van der Waals surface area contributed by atoms with E-state index >= 15 is 0 Å². The van der Waals surface area contributed by atoms with Crippen LogP contribution in [0.25, 0.3) is 0 Å². The minimum absolute atomic E-state index is 0.0409. The van der Waals surface area contributed by atoms with E-state index in [1.807, 2.05) is 17.9 Å². The summed E-state index contributed by atoms with van der Waals surface area (Å²) in [5.41, 5.74) is 1.67. The van der Waals surface area contributed by atoms with E-state index in [1.54, 1.807) is 6.92 Å². The normalized spacial score (nSPS) is 20.1. The molecule has 1 aromatic rings. The highest BCUT2D eigenvalue weighted by molar-refractivity contribution is 5.93. The van der Waals surface area contributed by atoms with Gasteiger partial charge in [0.05, 0.1) is 11.4 Å². The van der Waals surface area contributed by atoms with E-state index in [9.17, 15) is 9.59 Å². The van der Waals surface area contributed by atoms with Crippen LogP contribution in [0.1, 0.15) is 84.8 Å². The average Bonchev–Trinajstić information content (AvgIpc) is 3.30. The molecule has 0 saturated carbocycles. The van der Waals surface area contributed by atoms with Gasteiger partial charge in [0.2, 0.25) is 11.8 Å². The Labute approximate surface area is 206 Å². The van der Waals surface area contributed by atoms with Gasteiger partial charge in [0.25, 0.3) is 0 Å². The molecule has 2 aliphatic heterocycles. The van der Waals surface area contributed by atoms with E-state index in [-0.39, 0.29) is 17.7 Å². The molecule has 34 heavy (non-hydrogen) atoms. The number of unbranched alkanes of at least 4 members (excludes halogenated alkanes) is 2. The Morgan fingerprint density at radius 2 is 1.74 bits per heavy atom. The van der Waals surface area contributed by atoms with Crippen LogP contribution in [0.3, 0.4) is 0 Å². The second-order valence-electron chi connectivity index (χ2n) is 11.1. The molecular weight excluding hydrogens is 424 g/mol. The summed E-state index contributed by atoms with van der Waals surface area (Å²) >= 11 is 0. The zero-order chi connectivity index (χ0) is 24.7. The topological polar surface area (TPSA) is 65.5 Å². The molecule has 2 aliphatic rings. The fourth-order valence-corrected chi connectivity index (χ4v) is 5.44. The third-order valence-corrected chi connectivity index (χ3v) is 7.93. The van der Waals surface area contributed by atoms with Gasteiger partial charge in [-0.2, -0.15) is 0 Å². The van der Waals surface area contributed by atoms with E-state index < -0.39 is 0 Å². The first-order valence-corrected chi connectivity index (χ1v) is 13.5. The van der Waals surface area contributed by atoms with E-state index in [4.69, 9.17) is 4.98 Å². The van der Waals surface area contributed by atoms with Crippen molar-refractivity contribution in [2.75, 3.05) is 36.4 Å². The molecule has 2 atom stereocenters. The van der Waals surface area contributed by atoms with Crippen LogP contribution in [-0.4, -0.2) is 47.9 Å². The zero-order valence-corrected chi connectivity index (χ0v) is 22.1. The number of hydrogen-bond donors (Lipinski definition) is 1. The van der Waals surface area contributed by atoms with E-state index in [0.717, 1.165) is 60.9 Å². The Kier molecular flexibility index (Phi) is 9.78. The molecule has 3 heterocycles. The van der Waals surface area contributed by atoms with Crippen LogP contribution in [0.5, 0.6) is 0 Å². The Morgan fingerprint density at radius 1 is 1.03 bits per heavy atom. The number of nitrogens with zero attached hydrogens (tertiary/aromatic N) is 3. The lowest BCUT2D eigenvalue weighted by atomic mass is 9.88. The monoisotopic (exact) mass is 470 g/mol. The molecule has 1 N–H and O–H groups in total. The first-order chi connectivity index (χ1) is 16.2. The maximum absolute atomic E-state index is 12.8. The van der Waals surface area contributed by atoms with Gasteiger partial charge in [0.15, 0.2) is 0 Å². The number of rotatable bonds is 10. The highest BCUT2D eigenvalue weighted by Crippen LogP contribution is 2.31. The minimum Gasteiger partial charge on any atom is -0.356 e. The van der Waals surface area contributed by atoms with Crippen molar-refractivity contribution in [3.63, 3.8) is 0 Å². The molecule has 190 valence electrons. The largest absolute Gasteiger partial charge is 0.356 e. The number of amides is 2. The van der Waals surface area contributed by atoms with Gasteiger partial charge in [0.1, 0.15) is 5.82 Å². The van der Waals surface area contributed by atoms with Crippen LogP contribution < -0.4 is 10.2 Å². The molecule has 2 unspecified atom stereocenters. The van der Waals surface area contributed by atoms with Crippen molar-refractivity contribution in [3.8, 4) is 0 Å². The molecule has 0 aromatic carbocycles. The SMILES string of the molecule is CC(=O)N1CCC(C(=O)Nc2ccc(N3CCC(C(C)CCCCCC(C)C)C3)nc2C)CC1. The summed E-state index contributed by atoms with van der Waals surface area (Å²) in [6, 6.07) is 4.06. The third-order valence-electron chi connectivity index (χ3n) is 7.93. The summed E-state index contributed by atoms with van der Waals surface area (Å²) in [6.07, 6.45) is 9.45. The number of piperidine rings is 1. The van der Waals surface area contributed by atoms with Crippen molar-refractivity contribution in [2.45, 2.75) is 86.0 Å². The quantitative estimate of drug-likeness (QED) is 0.448. The van der Waals surface area contributed by atoms with Gasteiger partial charge in [-0.15, -0.1) is 0 Å². The molecule has 0 bridgehead atoms. The van der Waals surface area contributed by atoms with Gasteiger partial charge >= 0.3 is 0 Å². The molecule has 3 rings (SSSR count). The Balaban J connectivity index is 1.46. The van der Waals surface area contributed by atoms with E-state index in [1.165, 1.54) is 38.5 Å². The van der Waals surface area contributed by atoms with Crippen molar-refractivity contribution in [3.05, 3.63) is 17.8 Å². The Bertz CT molecular complexity index is 817. The summed E-state index contributed by atoms with van der Waals surface area (Å²) in [5, 5.41) is 3.09. The van der Waals surface area contributed by atoms with E-state index in [0.29, 0.717) is 13.1 Å². The molecule has 1 aromatic heterocycles. The second kappa shape index (κ2) is 12.6. The first kappa shape index (κ1) is 26.5. The highest BCUT2D eigenvalue weighted by atomic mass is 16.2. The summed E-state index contributed by atoms with van der Waals surface area (Å²) in [5.74, 6) is 3.45. The number of likely N-dealkylation sites (tertiary alicyclic amines) is 1. The third kappa shape index (κ3) is 7.44. The van der Waals surface area contributed by atoms with Gasteiger partial charge in [0, 0.05) is 39.0 Å². The van der Waals surface area contributed by atoms with Crippen LogP contribution in [0.4, 0.5) is 11.5 Å². The standard InChI is InChI=1S/C28H46N4O2/c1-20(2)9-7-6-8-10-21(3)25-15-18-32(19-25)27-12-11-26(22(4)29-27)30-28(34)24-13-16-31(17-14-24)23(5)33/h11-12,20-21,24-25H,6-10,13-19H2,1-5H3,(H,30,34). The fraction of sp³-hybridized carbons (Fsp3) is 0.750. The lowest BCUT2D eigenvalue weighted by Crippen LogP contribution is -2.40. The number of hydrogen-bond acceptors (Lipinski definition) is 4. The Morgan fingerprint density at radius 3 is 2.38 bits per heavy atom. The first-order valence-electron chi connectivity index (χ1n) is 13.5. The van der Waals surface area contributed by atoms with Crippen molar-refractivity contribution >= 4 is 23.3 Å². The van der Waals surface area contributed by atoms with Gasteiger partial charge in [-0.25, -0.2) is 4.98 Å². The second-order valence-corrected chi connectivity index (χ2v) is 11.1.